The summed E-state index contributed by atoms with van der Waals surface area (Å²) in [6.45, 7) is 5.41. The van der Waals surface area contributed by atoms with Crippen molar-refractivity contribution < 1.29 is 4.79 Å². The molecule has 24 heavy (non-hydrogen) atoms. The molecule has 124 valence electrons. The molecule has 0 aliphatic heterocycles. The second kappa shape index (κ2) is 7.35. The van der Waals surface area contributed by atoms with Gasteiger partial charge >= 0.3 is 0 Å². The van der Waals surface area contributed by atoms with Gasteiger partial charge in [0.25, 0.3) is 0 Å². The zero-order valence-electron chi connectivity index (χ0n) is 14.3. The molecule has 0 aliphatic carbocycles. The number of nitrogens with one attached hydrogen (secondary N) is 1. The summed E-state index contributed by atoms with van der Waals surface area (Å²) in [4.78, 5) is 12.2. The molecule has 0 aliphatic rings. The van der Waals surface area contributed by atoms with Crippen LogP contribution in [0.3, 0.4) is 0 Å². The molecular formula is C21H24N2O. The molecule has 0 radical (unpaired) electrons. The number of aromatic nitrogens is 1. The van der Waals surface area contributed by atoms with E-state index in [2.05, 4.69) is 55.6 Å². The molecule has 0 unspecified atom stereocenters. The Kier molecular flexibility index (Phi) is 4.99. The number of amides is 1. The Morgan fingerprint density at radius 2 is 1.88 bits per heavy atom. The minimum Gasteiger partial charge on any atom is -0.354 e. The van der Waals surface area contributed by atoms with Gasteiger partial charge in [0.15, 0.2) is 0 Å². The minimum atomic E-state index is 0.0522. The molecule has 0 fully saturated rings. The molecule has 3 aromatic rings. The van der Waals surface area contributed by atoms with Gasteiger partial charge in [0.2, 0.25) is 5.91 Å². The normalized spacial score (nSPS) is 11.1. The van der Waals surface area contributed by atoms with E-state index in [0.717, 1.165) is 11.9 Å². The van der Waals surface area contributed by atoms with Crippen molar-refractivity contribution in [2.24, 2.45) is 0 Å². The Labute approximate surface area is 143 Å². The average Bonchev–Trinajstić information content (AvgIpc) is 2.98. The van der Waals surface area contributed by atoms with Gasteiger partial charge in [-0.3, -0.25) is 4.79 Å². The third-order valence-corrected chi connectivity index (χ3v) is 4.35. The fourth-order valence-electron chi connectivity index (χ4n) is 2.92. The maximum Gasteiger partial charge on any atom is 0.239 e. The monoisotopic (exact) mass is 320 g/mol. The number of carbonyl (C=O) groups excluding carboxylic acids is 1. The number of fused-ring (bicyclic) bond motifs is 1. The lowest BCUT2D eigenvalue weighted by molar-refractivity contribution is -0.121. The number of hydrogen-bond donors (Lipinski definition) is 1. The van der Waals surface area contributed by atoms with Gasteiger partial charge in [-0.1, -0.05) is 50.2 Å². The highest BCUT2D eigenvalue weighted by atomic mass is 16.1. The number of benzene rings is 2. The van der Waals surface area contributed by atoms with E-state index in [9.17, 15) is 4.79 Å². The predicted molar refractivity (Wildman–Crippen MR) is 99.2 cm³/mol. The van der Waals surface area contributed by atoms with Crippen LogP contribution in [-0.4, -0.2) is 17.0 Å². The second-order valence-electron chi connectivity index (χ2n) is 6.50. The predicted octanol–water partition coefficient (Wildman–Crippen LogP) is 4.12. The third-order valence-electron chi connectivity index (χ3n) is 4.35. The van der Waals surface area contributed by atoms with Crippen LogP contribution >= 0.6 is 0 Å². The van der Waals surface area contributed by atoms with Crippen molar-refractivity contribution >= 4 is 16.8 Å². The first-order chi connectivity index (χ1) is 11.6. The van der Waals surface area contributed by atoms with Crippen LogP contribution in [0.2, 0.25) is 0 Å². The number of carbonyl (C=O) groups is 1. The van der Waals surface area contributed by atoms with Crippen LogP contribution in [0, 0.1) is 0 Å². The van der Waals surface area contributed by atoms with E-state index in [1.54, 1.807) is 0 Å². The maximum absolute atomic E-state index is 12.2. The molecular weight excluding hydrogens is 296 g/mol. The third kappa shape index (κ3) is 3.85. The van der Waals surface area contributed by atoms with E-state index < -0.39 is 0 Å². The van der Waals surface area contributed by atoms with Crippen molar-refractivity contribution in [1.82, 2.24) is 9.88 Å². The number of hydrogen-bond acceptors (Lipinski definition) is 1. The zero-order valence-corrected chi connectivity index (χ0v) is 14.3. The minimum absolute atomic E-state index is 0.0522. The van der Waals surface area contributed by atoms with Gasteiger partial charge < -0.3 is 9.88 Å². The van der Waals surface area contributed by atoms with E-state index in [1.165, 1.54) is 16.5 Å². The van der Waals surface area contributed by atoms with E-state index >= 15 is 0 Å². The smallest absolute Gasteiger partial charge is 0.239 e. The van der Waals surface area contributed by atoms with Crippen molar-refractivity contribution in [3.63, 3.8) is 0 Å². The Balaban J connectivity index is 1.59. The number of rotatable bonds is 6. The largest absolute Gasteiger partial charge is 0.354 e. The highest BCUT2D eigenvalue weighted by molar-refractivity contribution is 5.84. The molecule has 3 heteroatoms. The lowest BCUT2D eigenvalue weighted by atomic mass is 10.0. The Morgan fingerprint density at radius 3 is 2.62 bits per heavy atom. The lowest BCUT2D eigenvalue weighted by Gasteiger charge is -2.09. The van der Waals surface area contributed by atoms with Gasteiger partial charge in [0, 0.05) is 18.3 Å². The second-order valence-corrected chi connectivity index (χ2v) is 6.50. The molecule has 0 saturated carbocycles. The molecule has 1 N–H and O–H groups in total. The van der Waals surface area contributed by atoms with Gasteiger partial charge in [-0.15, -0.1) is 0 Å². The fraction of sp³-hybridized carbons (Fsp3) is 0.286. The maximum atomic E-state index is 12.2. The molecule has 1 amide bonds. The lowest BCUT2D eigenvalue weighted by Crippen LogP contribution is -2.29. The topological polar surface area (TPSA) is 34.0 Å². The summed E-state index contributed by atoms with van der Waals surface area (Å²) in [7, 11) is 0. The summed E-state index contributed by atoms with van der Waals surface area (Å²) in [6.07, 6.45) is 2.85. The van der Waals surface area contributed by atoms with E-state index in [0.29, 0.717) is 19.0 Å². The van der Waals surface area contributed by atoms with Crippen molar-refractivity contribution in [1.29, 1.82) is 0 Å². The van der Waals surface area contributed by atoms with Crippen molar-refractivity contribution in [3.8, 4) is 0 Å². The zero-order chi connectivity index (χ0) is 16.9. The SMILES string of the molecule is CC(C)c1ccc2c(ccn2CC(=O)NCCc2ccccc2)c1. The highest BCUT2D eigenvalue weighted by Gasteiger charge is 2.08. The van der Waals surface area contributed by atoms with Crippen LogP contribution in [0.15, 0.2) is 60.8 Å². The van der Waals surface area contributed by atoms with Crippen LogP contribution in [-0.2, 0) is 17.8 Å². The van der Waals surface area contributed by atoms with Crippen molar-refractivity contribution in [3.05, 3.63) is 71.9 Å². The van der Waals surface area contributed by atoms with Crippen LogP contribution < -0.4 is 5.32 Å². The van der Waals surface area contributed by atoms with Gasteiger partial charge in [0.05, 0.1) is 0 Å². The van der Waals surface area contributed by atoms with E-state index in [1.807, 2.05) is 29.0 Å². The standard InChI is InChI=1S/C21H24N2O/c1-16(2)18-8-9-20-19(14-18)11-13-23(20)15-21(24)22-12-10-17-6-4-3-5-7-17/h3-9,11,13-14,16H,10,12,15H2,1-2H3,(H,22,24). The quantitative estimate of drug-likeness (QED) is 0.728. The summed E-state index contributed by atoms with van der Waals surface area (Å²) in [6, 6.07) is 18.8. The number of nitrogens with zero attached hydrogens (tertiary/aromatic N) is 1. The first-order valence-corrected chi connectivity index (χ1v) is 8.53. The molecule has 0 spiro atoms. The van der Waals surface area contributed by atoms with Crippen molar-refractivity contribution in [2.45, 2.75) is 32.7 Å². The Morgan fingerprint density at radius 1 is 1.08 bits per heavy atom. The summed E-state index contributed by atoms with van der Waals surface area (Å²) >= 11 is 0. The molecule has 0 atom stereocenters. The van der Waals surface area contributed by atoms with Crippen LogP contribution in [0.5, 0.6) is 0 Å². The molecule has 3 rings (SSSR count). The first kappa shape index (κ1) is 16.3. The van der Waals surface area contributed by atoms with Gasteiger partial charge in [-0.05, 0) is 47.1 Å². The molecule has 0 bridgehead atoms. The average molecular weight is 320 g/mol. The van der Waals surface area contributed by atoms with Crippen molar-refractivity contribution in [2.75, 3.05) is 6.54 Å². The van der Waals surface area contributed by atoms with E-state index in [4.69, 9.17) is 0 Å². The molecule has 1 aromatic heterocycles. The molecule has 1 heterocycles. The fourth-order valence-corrected chi connectivity index (χ4v) is 2.92. The van der Waals surface area contributed by atoms with Crippen LogP contribution in [0.4, 0.5) is 0 Å². The van der Waals surface area contributed by atoms with Gasteiger partial charge in [0.1, 0.15) is 6.54 Å². The summed E-state index contributed by atoms with van der Waals surface area (Å²) in [5, 5.41) is 4.20. The van der Waals surface area contributed by atoms with Gasteiger partial charge in [-0.2, -0.15) is 0 Å². The Hall–Kier alpha value is -2.55. The van der Waals surface area contributed by atoms with Crippen LogP contribution in [0.1, 0.15) is 30.9 Å². The van der Waals surface area contributed by atoms with Gasteiger partial charge in [-0.25, -0.2) is 0 Å². The van der Waals surface area contributed by atoms with Crippen LogP contribution in [0.25, 0.3) is 10.9 Å². The molecule has 0 saturated heterocycles. The summed E-state index contributed by atoms with van der Waals surface area (Å²) < 4.78 is 2.01. The molecule has 3 nitrogen and oxygen atoms in total. The summed E-state index contributed by atoms with van der Waals surface area (Å²) in [5.41, 5.74) is 3.68. The first-order valence-electron chi connectivity index (χ1n) is 8.53. The molecule has 2 aromatic carbocycles. The Bertz CT molecular complexity index is 818. The van der Waals surface area contributed by atoms with E-state index in [-0.39, 0.29) is 5.91 Å². The summed E-state index contributed by atoms with van der Waals surface area (Å²) in [5.74, 6) is 0.565. The highest BCUT2D eigenvalue weighted by Crippen LogP contribution is 2.22.